The van der Waals surface area contributed by atoms with Crippen molar-refractivity contribution in [2.24, 2.45) is 11.8 Å². The highest BCUT2D eigenvalue weighted by atomic mass is 16.2. The molecule has 1 amide bonds. The van der Waals surface area contributed by atoms with Crippen molar-refractivity contribution >= 4 is 5.91 Å². The number of H-pyrrole nitrogens is 1. The van der Waals surface area contributed by atoms with Gasteiger partial charge in [-0.1, -0.05) is 19.8 Å². The maximum absolute atomic E-state index is 12.7. The van der Waals surface area contributed by atoms with Crippen LogP contribution in [-0.2, 0) is 17.8 Å². The van der Waals surface area contributed by atoms with Crippen LogP contribution in [0.3, 0.4) is 0 Å². The largest absolute Gasteiger partial charge is 0.345 e. The summed E-state index contributed by atoms with van der Waals surface area (Å²) in [7, 11) is 0. The molecule has 2 atom stereocenters. The number of imidazole rings is 1. The number of carbonyl (C=O) groups excluding carboxylic acids is 1. The Kier molecular flexibility index (Phi) is 5.11. The summed E-state index contributed by atoms with van der Waals surface area (Å²) in [6.45, 7) is 6.21. The smallest absolute Gasteiger partial charge is 0.225 e. The highest BCUT2D eigenvalue weighted by Crippen LogP contribution is 2.33. The summed E-state index contributed by atoms with van der Waals surface area (Å²) < 4.78 is 0. The highest BCUT2D eigenvalue weighted by Gasteiger charge is 2.39. The Morgan fingerprint density at radius 2 is 2.12 bits per heavy atom. The van der Waals surface area contributed by atoms with Gasteiger partial charge in [0.15, 0.2) is 0 Å². The molecule has 1 aromatic heterocycles. The van der Waals surface area contributed by atoms with Crippen LogP contribution in [0.25, 0.3) is 0 Å². The first-order chi connectivity index (χ1) is 12.2. The van der Waals surface area contributed by atoms with Crippen molar-refractivity contribution in [3.05, 3.63) is 17.7 Å². The second-order valence-electron chi connectivity index (χ2n) is 8.36. The number of piperidine rings is 1. The number of rotatable bonds is 6. The maximum atomic E-state index is 12.7. The lowest BCUT2D eigenvalue weighted by Crippen LogP contribution is -2.45. The van der Waals surface area contributed by atoms with E-state index in [1.807, 2.05) is 6.20 Å². The Labute approximate surface area is 151 Å². The van der Waals surface area contributed by atoms with E-state index >= 15 is 0 Å². The number of hydrogen-bond acceptors (Lipinski definition) is 3. The fraction of sp³-hybridized carbons (Fsp3) is 0.800. The fourth-order valence-corrected chi connectivity index (χ4v) is 4.64. The van der Waals surface area contributed by atoms with Gasteiger partial charge in [-0.2, -0.15) is 0 Å². The van der Waals surface area contributed by atoms with Crippen LogP contribution in [0.15, 0.2) is 6.20 Å². The number of aryl methyl sites for hydroxylation is 1. The second kappa shape index (κ2) is 7.48. The SMILES string of the molecule is CCCCc1ncc(CN2C[C@H]3CC[C@@H]2CN(C(=O)C2CCC2)C3)[nH]1. The van der Waals surface area contributed by atoms with E-state index in [-0.39, 0.29) is 0 Å². The number of aromatic nitrogens is 2. The van der Waals surface area contributed by atoms with Crippen LogP contribution in [0.1, 0.15) is 63.4 Å². The predicted octanol–water partition coefficient (Wildman–Crippen LogP) is 2.98. The van der Waals surface area contributed by atoms with Crippen LogP contribution < -0.4 is 0 Å². The van der Waals surface area contributed by atoms with Crippen molar-refractivity contribution in [3.63, 3.8) is 0 Å². The lowest BCUT2D eigenvalue weighted by molar-refractivity contribution is -0.138. The molecule has 2 bridgehead atoms. The molecule has 4 fully saturated rings. The normalized spacial score (nSPS) is 27.3. The molecule has 1 N–H and O–H groups in total. The number of unbranched alkanes of at least 4 members (excludes halogenated alkanes) is 1. The van der Waals surface area contributed by atoms with Crippen LogP contribution in [0.2, 0.25) is 0 Å². The molecule has 3 aliphatic heterocycles. The molecule has 5 rings (SSSR count). The molecule has 25 heavy (non-hydrogen) atoms. The van der Waals surface area contributed by atoms with Gasteiger partial charge in [0.05, 0.1) is 0 Å². The Morgan fingerprint density at radius 3 is 2.88 bits per heavy atom. The van der Waals surface area contributed by atoms with Crippen molar-refractivity contribution in [3.8, 4) is 0 Å². The number of nitrogens with one attached hydrogen (secondary N) is 1. The van der Waals surface area contributed by atoms with Crippen molar-refractivity contribution < 1.29 is 4.79 Å². The molecule has 1 saturated carbocycles. The van der Waals surface area contributed by atoms with Crippen LogP contribution in [-0.4, -0.2) is 51.4 Å². The molecular weight excluding hydrogens is 312 g/mol. The van der Waals surface area contributed by atoms with Gasteiger partial charge in [0.1, 0.15) is 5.82 Å². The molecule has 5 nitrogen and oxygen atoms in total. The summed E-state index contributed by atoms with van der Waals surface area (Å²) in [5.41, 5.74) is 1.23. The van der Waals surface area contributed by atoms with Crippen LogP contribution >= 0.6 is 0 Å². The Bertz CT molecular complexity index is 594. The first-order valence-corrected chi connectivity index (χ1v) is 10.3. The van der Waals surface area contributed by atoms with Gasteiger partial charge in [0.25, 0.3) is 0 Å². The molecule has 0 radical (unpaired) electrons. The van der Waals surface area contributed by atoms with E-state index in [1.165, 1.54) is 37.8 Å². The van der Waals surface area contributed by atoms with E-state index in [9.17, 15) is 4.79 Å². The molecule has 0 spiro atoms. The van der Waals surface area contributed by atoms with E-state index in [1.54, 1.807) is 0 Å². The van der Waals surface area contributed by atoms with Gasteiger partial charge in [-0.05, 0) is 38.0 Å². The maximum Gasteiger partial charge on any atom is 0.225 e. The number of fused-ring (bicyclic) bond motifs is 4. The van der Waals surface area contributed by atoms with Crippen molar-refractivity contribution in [1.29, 1.82) is 0 Å². The number of hydrogen-bond donors (Lipinski definition) is 1. The van der Waals surface area contributed by atoms with E-state index in [0.717, 1.165) is 51.3 Å². The zero-order chi connectivity index (χ0) is 17.2. The van der Waals surface area contributed by atoms with Gasteiger partial charge >= 0.3 is 0 Å². The summed E-state index contributed by atoms with van der Waals surface area (Å²) in [6, 6.07) is 0.519. The zero-order valence-corrected chi connectivity index (χ0v) is 15.5. The number of aromatic amines is 1. The lowest BCUT2D eigenvalue weighted by atomic mass is 9.84. The fourth-order valence-electron chi connectivity index (χ4n) is 4.64. The molecule has 1 aromatic rings. The molecule has 4 heterocycles. The summed E-state index contributed by atoms with van der Waals surface area (Å²) in [4.78, 5) is 25.6. The topological polar surface area (TPSA) is 52.2 Å². The third-order valence-electron chi connectivity index (χ3n) is 6.41. The summed E-state index contributed by atoms with van der Waals surface area (Å²) in [6.07, 6.45) is 11.4. The van der Waals surface area contributed by atoms with Crippen molar-refractivity contribution in [2.75, 3.05) is 19.6 Å². The molecule has 0 aromatic carbocycles. The Hall–Kier alpha value is -1.36. The molecule has 5 heteroatoms. The van der Waals surface area contributed by atoms with Gasteiger partial charge in [0, 0.05) is 56.5 Å². The minimum absolute atomic E-state index is 0.333. The lowest BCUT2D eigenvalue weighted by Gasteiger charge is -2.35. The average molecular weight is 345 g/mol. The predicted molar refractivity (Wildman–Crippen MR) is 98.0 cm³/mol. The summed E-state index contributed by atoms with van der Waals surface area (Å²) in [5.74, 6) is 2.54. The third kappa shape index (κ3) is 3.76. The second-order valence-corrected chi connectivity index (χ2v) is 8.36. The molecule has 3 saturated heterocycles. The quantitative estimate of drug-likeness (QED) is 0.863. The van der Waals surface area contributed by atoms with Gasteiger partial charge in [-0.15, -0.1) is 0 Å². The van der Waals surface area contributed by atoms with Crippen molar-refractivity contribution in [2.45, 2.75) is 70.9 Å². The summed E-state index contributed by atoms with van der Waals surface area (Å²) in [5, 5.41) is 0. The first-order valence-electron chi connectivity index (χ1n) is 10.3. The van der Waals surface area contributed by atoms with Crippen LogP contribution in [0.4, 0.5) is 0 Å². The van der Waals surface area contributed by atoms with E-state index in [0.29, 0.717) is 23.8 Å². The number of carbonyl (C=O) groups is 1. The third-order valence-corrected chi connectivity index (χ3v) is 6.41. The molecule has 1 aliphatic carbocycles. The van der Waals surface area contributed by atoms with Crippen LogP contribution in [0.5, 0.6) is 0 Å². The minimum Gasteiger partial charge on any atom is -0.345 e. The average Bonchev–Trinajstić information content (AvgIpc) is 2.80. The van der Waals surface area contributed by atoms with Crippen molar-refractivity contribution in [1.82, 2.24) is 19.8 Å². The van der Waals surface area contributed by atoms with Crippen LogP contribution in [0, 0.1) is 11.8 Å². The van der Waals surface area contributed by atoms with Gasteiger partial charge in [-0.3, -0.25) is 9.69 Å². The molecule has 4 aliphatic rings. The summed E-state index contributed by atoms with van der Waals surface area (Å²) >= 11 is 0. The Balaban J connectivity index is 1.38. The van der Waals surface area contributed by atoms with Gasteiger partial charge in [0.2, 0.25) is 5.91 Å². The first kappa shape index (κ1) is 17.1. The monoisotopic (exact) mass is 344 g/mol. The molecule has 138 valence electrons. The highest BCUT2D eigenvalue weighted by molar-refractivity contribution is 5.79. The van der Waals surface area contributed by atoms with E-state index in [2.05, 4.69) is 26.7 Å². The Morgan fingerprint density at radius 1 is 1.24 bits per heavy atom. The molecule has 0 unspecified atom stereocenters. The van der Waals surface area contributed by atoms with Gasteiger partial charge in [-0.25, -0.2) is 4.98 Å². The minimum atomic E-state index is 0.333. The van der Waals surface area contributed by atoms with E-state index < -0.39 is 0 Å². The van der Waals surface area contributed by atoms with Gasteiger partial charge < -0.3 is 9.88 Å². The zero-order valence-electron chi connectivity index (χ0n) is 15.5. The van der Waals surface area contributed by atoms with E-state index in [4.69, 9.17) is 0 Å². The molecular formula is C20H32N4O. The number of amides is 1. The standard InChI is InChI=1S/C20H32N4O/c1-2-3-7-19-21-10-17(22-19)13-23-11-15-8-9-18(23)14-24(12-15)20(25)16-5-4-6-16/h10,15-16,18H,2-9,11-14H2,1H3,(H,21,22)/t15-,18-/m1/s1. The number of nitrogens with zero attached hydrogens (tertiary/aromatic N) is 3.